The fourth-order valence-electron chi connectivity index (χ4n) is 5.56. The van der Waals surface area contributed by atoms with Gasteiger partial charge in [-0.25, -0.2) is 22.8 Å². The van der Waals surface area contributed by atoms with Crippen LogP contribution in [-0.2, 0) is 33.3 Å². The molecule has 0 aromatic heterocycles. The third kappa shape index (κ3) is 19.8. The van der Waals surface area contributed by atoms with Gasteiger partial charge in [-0.3, -0.25) is 9.59 Å². The summed E-state index contributed by atoms with van der Waals surface area (Å²) in [5.41, 5.74) is -2.55. The van der Waals surface area contributed by atoms with Gasteiger partial charge in [0, 0.05) is 13.2 Å². The molecule has 2 N–H and O–H groups in total. The maximum Gasteiger partial charge on any atom is 0.508 e. The smallest absolute Gasteiger partial charge is 0.465 e. The summed E-state index contributed by atoms with van der Waals surface area (Å²) in [6.07, 6.45) is 21.4. The Morgan fingerprint density at radius 3 is 1.19 bits per heavy atom. The molecular formula is C41H63F5O12. The van der Waals surface area contributed by atoms with Crippen molar-refractivity contribution in [1.82, 2.24) is 0 Å². The maximum atomic E-state index is 13.4. The molecule has 2 aliphatic rings. The molecule has 0 radical (unpaired) electrons. The molecule has 0 amide bonds. The van der Waals surface area contributed by atoms with Crippen LogP contribution in [0.1, 0.15) is 143 Å². The molecule has 1 aromatic carbocycles. The summed E-state index contributed by atoms with van der Waals surface area (Å²) < 4.78 is 93.5. The molecule has 0 unspecified atom stereocenters. The van der Waals surface area contributed by atoms with Gasteiger partial charge < -0.3 is 38.6 Å². The number of aliphatic hydroxyl groups excluding tert-OH is 2. The highest BCUT2D eigenvalue weighted by Gasteiger charge is 2.44. The Labute approximate surface area is 338 Å². The Bertz CT molecular complexity index is 1320. The Kier molecular flexibility index (Phi) is 26.6. The third-order valence-corrected chi connectivity index (χ3v) is 9.43. The van der Waals surface area contributed by atoms with E-state index in [1.807, 2.05) is 0 Å². The van der Waals surface area contributed by atoms with Gasteiger partial charge in [-0.05, 0) is 33.1 Å². The number of ether oxygens (including phenoxy) is 6. The van der Waals surface area contributed by atoms with E-state index in [-0.39, 0.29) is 19.2 Å². The molecule has 58 heavy (non-hydrogen) atoms. The Morgan fingerprint density at radius 2 is 0.828 bits per heavy atom. The summed E-state index contributed by atoms with van der Waals surface area (Å²) in [7, 11) is 0. The second kappa shape index (κ2) is 29.5. The van der Waals surface area contributed by atoms with Gasteiger partial charge in [-0.1, -0.05) is 110 Å². The van der Waals surface area contributed by atoms with E-state index < -0.39 is 77.2 Å². The lowest BCUT2D eigenvalue weighted by atomic mass is 9.92. The van der Waals surface area contributed by atoms with Gasteiger partial charge in [-0.2, -0.15) is 8.78 Å². The molecular weight excluding hydrogens is 779 g/mol. The SMILES string of the molecule is CC1(C(=O)OCCCCCCCCCCCO)COC(=O)OC1.CC1(C(=O)Oc2c(F)c(F)c(F)c(F)c2F)COC(=O)OC1.CCCCCCCCCCCCO. The van der Waals surface area contributed by atoms with E-state index in [0.717, 1.165) is 45.4 Å². The Balaban J connectivity index is 0.000000453. The number of aliphatic hydroxyl groups is 2. The van der Waals surface area contributed by atoms with Crippen LogP contribution in [0.3, 0.4) is 0 Å². The molecule has 12 nitrogen and oxygen atoms in total. The summed E-state index contributed by atoms with van der Waals surface area (Å²) >= 11 is 0. The second-order valence-electron chi connectivity index (χ2n) is 15.0. The summed E-state index contributed by atoms with van der Waals surface area (Å²) in [6, 6.07) is 0. The van der Waals surface area contributed by atoms with Crippen molar-refractivity contribution in [2.75, 3.05) is 46.2 Å². The molecule has 334 valence electrons. The van der Waals surface area contributed by atoms with Crippen molar-refractivity contribution >= 4 is 24.2 Å². The number of halogens is 5. The maximum absolute atomic E-state index is 13.4. The van der Waals surface area contributed by atoms with Gasteiger partial charge in [0.25, 0.3) is 0 Å². The van der Waals surface area contributed by atoms with Crippen molar-refractivity contribution in [1.29, 1.82) is 0 Å². The molecule has 2 aliphatic heterocycles. The number of unbranched alkanes of at least 4 members (excludes halogenated alkanes) is 17. The average Bonchev–Trinajstić information content (AvgIpc) is 3.22. The molecule has 1 aromatic rings. The fraction of sp³-hybridized carbons (Fsp3) is 0.756. The number of benzene rings is 1. The van der Waals surface area contributed by atoms with Gasteiger partial charge >= 0.3 is 24.2 Å². The molecule has 2 fully saturated rings. The lowest BCUT2D eigenvalue weighted by Gasteiger charge is -2.29. The highest BCUT2D eigenvalue weighted by molar-refractivity contribution is 5.80. The largest absolute Gasteiger partial charge is 0.508 e. The molecule has 0 spiro atoms. The molecule has 0 bridgehead atoms. The molecule has 0 atom stereocenters. The minimum atomic E-state index is -2.38. The first-order valence-corrected chi connectivity index (χ1v) is 20.4. The van der Waals surface area contributed by atoms with Crippen LogP contribution in [0.5, 0.6) is 5.75 Å². The number of hydrogen-bond acceptors (Lipinski definition) is 12. The van der Waals surface area contributed by atoms with Crippen molar-refractivity contribution in [3.05, 3.63) is 29.1 Å². The van der Waals surface area contributed by atoms with Crippen LogP contribution in [0.2, 0.25) is 0 Å². The van der Waals surface area contributed by atoms with Crippen LogP contribution in [0.4, 0.5) is 31.5 Å². The number of cyclic esters (lactones) is 4. The van der Waals surface area contributed by atoms with Crippen molar-refractivity contribution < 1.29 is 79.8 Å². The van der Waals surface area contributed by atoms with Crippen molar-refractivity contribution in [3.63, 3.8) is 0 Å². The van der Waals surface area contributed by atoms with Gasteiger partial charge in [-0.15, -0.1) is 0 Å². The van der Waals surface area contributed by atoms with Crippen molar-refractivity contribution in [3.8, 4) is 5.75 Å². The van der Waals surface area contributed by atoms with E-state index >= 15 is 0 Å². The predicted octanol–water partition coefficient (Wildman–Crippen LogP) is 9.57. The van der Waals surface area contributed by atoms with E-state index in [2.05, 4.69) is 21.1 Å². The summed E-state index contributed by atoms with van der Waals surface area (Å²) in [4.78, 5) is 45.4. The van der Waals surface area contributed by atoms with Crippen LogP contribution in [0.25, 0.3) is 0 Å². The number of hydrogen-bond donors (Lipinski definition) is 2. The van der Waals surface area contributed by atoms with E-state index in [1.54, 1.807) is 6.92 Å². The summed E-state index contributed by atoms with van der Waals surface area (Å²) in [5.74, 6) is -15.0. The van der Waals surface area contributed by atoms with Crippen LogP contribution in [0.15, 0.2) is 0 Å². The number of esters is 2. The Hall–Kier alpha value is -3.73. The van der Waals surface area contributed by atoms with E-state index in [4.69, 9.17) is 24.4 Å². The van der Waals surface area contributed by atoms with E-state index in [9.17, 15) is 41.1 Å². The van der Waals surface area contributed by atoms with Gasteiger partial charge in [0.2, 0.25) is 34.8 Å². The summed E-state index contributed by atoms with van der Waals surface area (Å²) in [5, 5.41) is 17.2. The number of carbonyl (C=O) groups excluding carboxylic acids is 4. The lowest BCUT2D eigenvalue weighted by molar-refractivity contribution is -0.166. The van der Waals surface area contributed by atoms with Crippen LogP contribution < -0.4 is 4.74 Å². The normalized spacial score (nSPS) is 15.3. The first-order valence-electron chi connectivity index (χ1n) is 20.4. The molecule has 2 heterocycles. The first-order chi connectivity index (χ1) is 27.7. The fourth-order valence-corrected chi connectivity index (χ4v) is 5.56. The molecule has 0 aliphatic carbocycles. The van der Waals surface area contributed by atoms with Crippen molar-refractivity contribution in [2.45, 2.75) is 143 Å². The predicted molar refractivity (Wildman–Crippen MR) is 201 cm³/mol. The van der Waals surface area contributed by atoms with Crippen LogP contribution in [0, 0.1) is 39.9 Å². The van der Waals surface area contributed by atoms with Gasteiger partial charge in [0.15, 0.2) is 0 Å². The van der Waals surface area contributed by atoms with Crippen molar-refractivity contribution in [2.24, 2.45) is 10.8 Å². The number of carbonyl (C=O) groups is 4. The molecule has 2 saturated heterocycles. The standard InChI is InChI=1S/C17H30O6.C12H7F5O5.C12H26O/c1-17(13-22-16(20)23-14-17)15(19)21-12-10-8-6-4-2-3-5-7-9-11-18;1-12(2-20-11(19)21-3-12)10(18)22-9-7(16)5(14)4(13)6(15)8(9)17;1-2-3-4-5-6-7-8-9-10-11-12-13/h18H,2-14H2,1H3;2-3H2,1H3;13H,2-12H2,1H3. The molecule has 17 heteroatoms. The minimum absolute atomic E-state index is 0.0148. The zero-order chi connectivity index (χ0) is 43.4. The zero-order valence-electron chi connectivity index (χ0n) is 34.3. The summed E-state index contributed by atoms with van der Waals surface area (Å²) in [6.45, 7) is 5.12. The number of rotatable bonds is 24. The second-order valence-corrected chi connectivity index (χ2v) is 15.0. The highest BCUT2D eigenvalue weighted by Crippen LogP contribution is 2.32. The Morgan fingerprint density at radius 1 is 0.517 bits per heavy atom. The van der Waals surface area contributed by atoms with Crippen LogP contribution >= 0.6 is 0 Å². The van der Waals surface area contributed by atoms with E-state index in [0.29, 0.717) is 19.8 Å². The topological polar surface area (TPSA) is 164 Å². The van der Waals surface area contributed by atoms with Crippen LogP contribution in [-0.4, -0.2) is 80.7 Å². The average molecular weight is 843 g/mol. The van der Waals surface area contributed by atoms with Gasteiger partial charge in [0.05, 0.1) is 6.61 Å². The van der Waals surface area contributed by atoms with Gasteiger partial charge in [0.1, 0.15) is 37.3 Å². The molecule has 3 rings (SSSR count). The first kappa shape index (κ1) is 52.3. The highest BCUT2D eigenvalue weighted by atomic mass is 19.2. The monoisotopic (exact) mass is 842 g/mol. The quantitative estimate of drug-likeness (QED) is 0.0193. The zero-order valence-corrected chi connectivity index (χ0v) is 34.3. The van der Waals surface area contributed by atoms with E-state index in [1.165, 1.54) is 83.5 Å². The minimum Gasteiger partial charge on any atom is -0.465 e. The lowest BCUT2D eigenvalue weighted by Crippen LogP contribution is -2.45. The molecule has 0 saturated carbocycles. The third-order valence-electron chi connectivity index (χ3n) is 9.43.